The van der Waals surface area contributed by atoms with Gasteiger partial charge in [0.25, 0.3) is 5.91 Å². The van der Waals surface area contributed by atoms with Crippen LogP contribution in [0.2, 0.25) is 0 Å². The summed E-state index contributed by atoms with van der Waals surface area (Å²) in [5.41, 5.74) is 4.22. The van der Waals surface area contributed by atoms with E-state index >= 15 is 0 Å². The van der Waals surface area contributed by atoms with Crippen LogP contribution in [0, 0.1) is 0 Å². The van der Waals surface area contributed by atoms with Crippen LogP contribution in [-0.4, -0.2) is 58.4 Å². The molecule has 1 aliphatic rings. The van der Waals surface area contributed by atoms with E-state index in [9.17, 15) is 9.59 Å². The Morgan fingerprint density at radius 1 is 0.969 bits per heavy atom. The van der Waals surface area contributed by atoms with E-state index in [1.165, 1.54) is 0 Å². The molecule has 4 rings (SSSR count). The molecule has 0 unspecified atom stereocenters. The lowest BCUT2D eigenvalue weighted by molar-refractivity contribution is 0.0268. The van der Waals surface area contributed by atoms with E-state index in [2.05, 4.69) is 18.7 Å². The Labute approximate surface area is 188 Å². The maximum absolute atomic E-state index is 13.4. The Hall–Kier alpha value is -3.22. The number of ketones is 1. The van der Waals surface area contributed by atoms with Crippen molar-refractivity contribution >= 4 is 11.7 Å². The van der Waals surface area contributed by atoms with Crippen molar-refractivity contribution in [1.82, 2.24) is 9.80 Å². The molecule has 2 atom stereocenters. The predicted octanol–water partition coefficient (Wildman–Crippen LogP) is 3.86. The van der Waals surface area contributed by atoms with Crippen LogP contribution in [0.5, 0.6) is 0 Å². The maximum atomic E-state index is 13.4. The lowest BCUT2D eigenvalue weighted by Crippen LogP contribution is -2.58. The molecule has 0 aliphatic carbocycles. The molecule has 166 valence electrons. The van der Waals surface area contributed by atoms with Crippen molar-refractivity contribution in [1.29, 1.82) is 0 Å². The number of benzene rings is 2. The van der Waals surface area contributed by atoms with Crippen molar-refractivity contribution in [3.8, 4) is 11.1 Å². The van der Waals surface area contributed by atoms with Crippen molar-refractivity contribution < 1.29 is 19.1 Å². The van der Waals surface area contributed by atoms with Crippen molar-refractivity contribution in [2.24, 2.45) is 0 Å². The third-order valence-corrected chi connectivity index (χ3v) is 6.02. The van der Waals surface area contributed by atoms with Gasteiger partial charge in [-0.15, -0.1) is 0 Å². The van der Waals surface area contributed by atoms with Gasteiger partial charge in [-0.2, -0.15) is 0 Å². The van der Waals surface area contributed by atoms with Crippen LogP contribution in [0.1, 0.15) is 40.1 Å². The number of aliphatic hydroxyl groups excluding tert-OH is 1. The number of amides is 1. The maximum Gasteiger partial charge on any atom is 0.254 e. The van der Waals surface area contributed by atoms with E-state index in [1.54, 1.807) is 24.7 Å². The highest BCUT2D eigenvalue weighted by atomic mass is 16.3. The second kappa shape index (κ2) is 9.51. The molecule has 2 heterocycles. The topological polar surface area (TPSA) is 74.0 Å². The smallest absolute Gasteiger partial charge is 0.254 e. The second-order valence-electron chi connectivity index (χ2n) is 8.48. The van der Waals surface area contributed by atoms with E-state index < -0.39 is 6.61 Å². The minimum atomic E-state index is -0.477. The summed E-state index contributed by atoms with van der Waals surface area (Å²) in [4.78, 5) is 29.3. The largest absolute Gasteiger partial charge is 0.472 e. The number of Topliss-reactive ketones (excluding diaryl/α,β-unsaturated/α-hetero) is 1. The zero-order chi connectivity index (χ0) is 22.7. The summed E-state index contributed by atoms with van der Waals surface area (Å²) in [6.45, 7) is 5.99. The van der Waals surface area contributed by atoms with Crippen molar-refractivity contribution in [3.05, 3.63) is 83.8 Å². The lowest BCUT2D eigenvalue weighted by Gasteiger charge is -2.44. The normalized spacial score (nSPS) is 19.2. The summed E-state index contributed by atoms with van der Waals surface area (Å²) >= 11 is 0. The second-order valence-corrected chi connectivity index (χ2v) is 8.48. The van der Waals surface area contributed by atoms with Crippen LogP contribution in [-0.2, 0) is 6.54 Å². The monoisotopic (exact) mass is 432 g/mol. The van der Waals surface area contributed by atoms with Crippen molar-refractivity contribution in [2.75, 3.05) is 19.7 Å². The molecule has 1 saturated heterocycles. The SMILES string of the molecule is C[C@@H]1CN(Cc2ccc(C(=O)CO)cc2)C[C@H](C)N1C(=O)c1cccc(-c2ccoc2)c1. The first kappa shape index (κ1) is 22.0. The average molecular weight is 433 g/mol. The average Bonchev–Trinajstić information content (AvgIpc) is 3.34. The Kier molecular flexibility index (Phi) is 6.53. The van der Waals surface area contributed by atoms with Crippen LogP contribution in [0.15, 0.2) is 71.5 Å². The molecule has 1 aromatic heterocycles. The van der Waals surface area contributed by atoms with E-state index in [0.29, 0.717) is 11.1 Å². The fourth-order valence-corrected chi connectivity index (χ4v) is 4.52. The quantitative estimate of drug-likeness (QED) is 0.599. The van der Waals surface area contributed by atoms with Crippen LogP contribution < -0.4 is 0 Å². The molecule has 1 aliphatic heterocycles. The van der Waals surface area contributed by atoms with Crippen LogP contribution in [0.3, 0.4) is 0 Å². The summed E-state index contributed by atoms with van der Waals surface area (Å²) in [5, 5.41) is 9.00. The summed E-state index contributed by atoms with van der Waals surface area (Å²) in [6.07, 6.45) is 3.31. The molecule has 6 heteroatoms. The summed E-state index contributed by atoms with van der Waals surface area (Å²) < 4.78 is 5.18. The van der Waals surface area contributed by atoms with Crippen LogP contribution >= 0.6 is 0 Å². The minimum Gasteiger partial charge on any atom is -0.472 e. The molecular formula is C26H28N2O4. The number of hydrogen-bond acceptors (Lipinski definition) is 5. The van der Waals surface area contributed by atoms with Gasteiger partial charge < -0.3 is 14.4 Å². The van der Waals surface area contributed by atoms with Gasteiger partial charge in [-0.3, -0.25) is 14.5 Å². The molecule has 3 aromatic rings. The number of carbonyl (C=O) groups is 2. The van der Waals surface area contributed by atoms with Gasteiger partial charge in [0.2, 0.25) is 0 Å². The zero-order valence-electron chi connectivity index (χ0n) is 18.4. The lowest BCUT2D eigenvalue weighted by atomic mass is 10.0. The Bertz CT molecular complexity index is 1060. The third kappa shape index (κ3) is 4.66. The molecule has 1 fully saturated rings. The fraction of sp³-hybridized carbons (Fsp3) is 0.308. The number of furan rings is 1. The van der Waals surface area contributed by atoms with E-state index in [-0.39, 0.29) is 23.8 Å². The molecule has 2 aromatic carbocycles. The Balaban J connectivity index is 1.43. The molecule has 0 saturated carbocycles. The highest BCUT2D eigenvalue weighted by Gasteiger charge is 2.33. The molecule has 6 nitrogen and oxygen atoms in total. The molecule has 32 heavy (non-hydrogen) atoms. The van der Waals surface area contributed by atoms with E-state index in [4.69, 9.17) is 9.52 Å². The zero-order valence-corrected chi connectivity index (χ0v) is 18.4. The third-order valence-electron chi connectivity index (χ3n) is 6.02. The van der Waals surface area contributed by atoms with Gasteiger partial charge in [0.1, 0.15) is 6.61 Å². The highest BCUT2D eigenvalue weighted by Crippen LogP contribution is 2.25. The van der Waals surface area contributed by atoms with Gasteiger partial charge in [0, 0.05) is 48.4 Å². The predicted molar refractivity (Wildman–Crippen MR) is 122 cm³/mol. The van der Waals surface area contributed by atoms with Gasteiger partial charge >= 0.3 is 0 Å². The molecule has 0 radical (unpaired) electrons. The van der Waals surface area contributed by atoms with Crippen molar-refractivity contribution in [2.45, 2.75) is 32.5 Å². The fourth-order valence-electron chi connectivity index (χ4n) is 4.52. The van der Waals surface area contributed by atoms with E-state index in [1.807, 2.05) is 47.4 Å². The summed E-state index contributed by atoms with van der Waals surface area (Å²) in [5.74, 6) is -0.232. The standard InChI is InChI=1S/C26H28N2O4/c1-18-13-27(15-20-6-8-21(9-7-20)25(30)16-29)14-19(2)28(18)26(31)23-5-3-4-22(12-23)24-10-11-32-17-24/h3-12,17-19,29H,13-16H2,1-2H3/t18-,19+. The van der Waals surface area contributed by atoms with Gasteiger partial charge in [-0.05, 0) is 43.2 Å². The molecule has 1 N–H and O–H groups in total. The molecule has 1 amide bonds. The highest BCUT2D eigenvalue weighted by molar-refractivity contribution is 5.97. The Morgan fingerprint density at radius 3 is 2.31 bits per heavy atom. The number of piperazine rings is 1. The number of hydrogen-bond donors (Lipinski definition) is 1. The van der Waals surface area contributed by atoms with Gasteiger partial charge in [-0.25, -0.2) is 0 Å². The number of aliphatic hydroxyl groups is 1. The van der Waals surface area contributed by atoms with Crippen molar-refractivity contribution in [3.63, 3.8) is 0 Å². The first-order chi connectivity index (χ1) is 15.5. The Morgan fingerprint density at radius 2 is 1.69 bits per heavy atom. The van der Waals surface area contributed by atoms with Gasteiger partial charge in [-0.1, -0.05) is 36.4 Å². The summed E-state index contributed by atoms with van der Waals surface area (Å²) in [7, 11) is 0. The number of rotatable bonds is 6. The summed E-state index contributed by atoms with van der Waals surface area (Å²) in [6, 6.07) is 17.1. The number of carbonyl (C=O) groups excluding carboxylic acids is 2. The van der Waals surface area contributed by atoms with Gasteiger partial charge in [0.15, 0.2) is 5.78 Å². The first-order valence-electron chi connectivity index (χ1n) is 10.9. The molecule has 0 bridgehead atoms. The minimum absolute atomic E-state index is 0.0434. The van der Waals surface area contributed by atoms with Crippen LogP contribution in [0.25, 0.3) is 11.1 Å². The van der Waals surface area contributed by atoms with Crippen LogP contribution in [0.4, 0.5) is 0 Å². The molecule has 0 spiro atoms. The van der Waals surface area contributed by atoms with Gasteiger partial charge in [0.05, 0.1) is 12.5 Å². The molecular weight excluding hydrogens is 404 g/mol. The number of nitrogens with zero attached hydrogens (tertiary/aromatic N) is 2. The first-order valence-corrected chi connectivity index (χ1v) is 10.9. The van der Waals surface area contributed by atoms with E-state index in [0.717, 1.165) is 36.3 Å².